The summed E-state index contributed by atoms with van der Waals surface area (Å²) in [5, 5.41) is 11.1. The Morgan fingerprint density at radius 1 is 0.950 bits per heavy atom. The number of nitrogens with zero attached hydrogens (tertiary/aromatic N) is 3. The SMILES string of the molecule is Nc1nc2ccccc2nc1-c1ccccc1[N+](=O)[O-]. The van der Waals surface area contributed by atoms with Gasteiger partial charge in [0.15, 0.2) is 5.82 Å². The largest absolute Gasteiger partial charge is 0.382 e. The fourth-order valence-electron chi connectivity index (χ4n) is 2.04. The van der Waals surface area contributed by atoms with E-state index >= 15 is 0 Å². The molecule has 0 bridgehead atoms. The highest BCUT2D eigenvalue weighted by Gasteiger charge is 2.18. The van der Waals surface area contributed by atoms with Gasteiger partial charge in [-0.1, -0.05) is 24.3 Å². The molecule has 6 nitrogen and oxygen atoms in total. The monoisotopic (exact) mass is 266 g/mol. The zero-order chi connectivity index (χ0) is 14.1. The Morgan fingerprint density at radius 3 is 2.25 bits per heavy atom. The first-order valence-electron chi connectivity index (χ1n) is 5.93. The highest BCUT2D eigenvalue weighted by Crippen LogP contribution is 2.32. The molecule has 20 heavy (non-hydrogen) atoms. The molecule has 0 fully saturated rings. The average molecular weight is 266 g/mol. The van der Waals surface area contributed by atoms with Gasteiger partial charge in [0.1, 0.15) is 5.69 Å². The highest BCUT2D eigenvalue weighted by atomic mass is 16.6. The van der Waals surface area contributed by atoms with Crippen molar-refractivity contribution in [3.8, 4) is 11.3 Å². The first-order chi connectivity index (χ1) is 9.66. The molecule has 98 valence electrons. The number of nitrogens with two attached hydrogens (primary N) is 1. The number of para-hydroxylation sites is 3. The second-order valence-corrected chi connectivity index (χ2v) is 4.22. The molecular weight excluding hydrogens is 256 g/mol. The van der Waals surface area contributed by atoms with E-state index in [1.54, 1.807) is 30.3 Å². The molecule has 1 aromatic heterocycles. The number of fused-ring (bicyclic) bond motifs is 1. The third-order valence-corrected chi connectivity index (χ3v) is 2.95. The second-order valence-electron chi connectivity index (χ2n) is 4.22. The van der Waals surface area contributed by atoms with Crippen LogP contribution in [0.5, 0.6) is 0 Å². The molecule has 0 amide bonds. The number of benzene rings is 2. The summed E-state index contributed by atoms with van der Waals surface area (Å²) in [6.45, 7) is 0. The van der Waals surface area contributed by atoms with E-state index in [0.717, 1.165) is 0 Å². The molecule has 0 spiro atoms. The van der Waals surface area contributed by atoms with Gasteiger partial charge in [-0.25, -0.2) is 9.97 Å². The fraction of sp³-hybridized carbons (Fsp3) is 0. The maximum absolute atomic E-state index is 11.1. The van der Waals surface area contributed by atoms with Crippen molar-refractivity contribution < 1.29 is 4.92 Å². The van der Waals surface area contributed by atoms with Crippen LogP contribution in [0.2, 0.25) is 0 Å². The summed E-state index contributed by atoms with van der Waals surface area (Å²) in [6.07, 6.45) is 0. The molecule has 0 radical (unpaired) electrons. The molecule has 0 atom stereocenters. The highest BCUT2D eigenvalue weighted by molar-refractivity contribution is 5.85. The van der Waals surface area contributed by atoms with E-state index < -0.39 is 4.92 Å². The van der Waals surface area contributed by atoms with Crippen molar-refractivity contribution in [2.45, 2.75) is 0 Å². The minimum atomic E-state index is -0.453. The van der Waals surface area contributed by atoms with Gasteiger partial charge < -0.3 is 5.73 Å². The Balaban J connectivity index is 2.29. The molecule has 2 aromatic carbocycles. The molecule has 0 saturated carbocycles. The average Bonchev–Trinajstić information content (AvgIpc) is 2.46. The van der Waals surface area contributed by atoms with Crippen LogP contribution in [0.1, 0.15) is 0 Å². The number of rotatable bonds is 2. The molecule has 0 aliphatic heterocycles. The number of aromatic nitrogens is 2. The molecule has 1 heterocycles. The van der Waals surface area contributed by atoms with Crippen LogP contribution in [-0.2, 0) is 0 Å². The van der Waals surface area contributed by atoms with Crippen LogP contribution >= 0.6 is 0 Å². The number of hydrogen-bond acceptors (Lipinski definition) is 5. The van der Waals surface area contributed by atoms with E-state index in [9.17, 15) is 10.1 Å². The Morgan fingerprint density at radius 2 is 1.55 bits per heavy atom. The lowest BCUT2D eigenvalue weighted by atomic mass is 10.1. The lowest BCUT2D eigenvalue weighted by molar-refractivity contribution is -0.384. The molecular formula is C14H10N4O2. The van der Waals surface area contributed by atoms with Crippen LogP contribution in [0.4, 0.5) is 11.5 Å². The molecule has 6 heteroatoms. The second kappa shape index (κ2) is 4.58. The molecule has 2 N–H and O–H groups in total. The van der Waals surface area contributed by atoms with Gasteiger partial charge in [-0.15, -0.1) is 0 Å². The minimum Gasteiger partial charge on any atom is -0.382 e. The van der Waals surface area contributed by atoms with Crippen LogP contribution in [-0.4, -0.2) is 14.9 Å². The van der Waals surface area contributed by atoms with Gasteiger partial charge in [-0.05, 0) is 18.2 Å². The van der Waals surface area contributed by atoms with Crippen molar-refractivity contribution in [1.29, 1.82) is 0 Å². The third kappa shape index (κ3) is 1.93. The summed E-state index contributed by atoms with van der Waals surface area (Å²) in [5.74, 6) is 0.179. The van der Waals surface area contributed by atoms with Crippen molar-refractivity contribution in [2.75, 3.05) is 5.73 Å². The fourth-order valence-corrected chi connectivity index (χ4v) is 2.04. The molecule has 0 aliphatic rings. The molecule has 3 rings (SSSR count). The summed E-state index contributed by atoms with van der Waals surface area (Å²) < 4.78 is 0. The number of nitro benzene ring substituents is 1. The number of nitrogen functional groups attached to an aromatic ring is 1. The standard InChI is InChI=1S/C14H10N4O2/c15-14-13(9-5-1-4-8-12(9)18(19)20)16-10-6-2-3-7-11(10)17-14/h1-8H,(H2,15,17). The normalized spacial score (nSPS) is 10.6. The van der Waals surface area contributed by atoms with Crippen molar-refractivity contribution in [1.82, 2.24) is 9.97 Å². The molecule has 3 aromatic rings. The molecule has 0 unspecified atom stereocenters. The van der Waals surface area contributed by atoms with Crippen molar-refractivity contribution in [3.05, 3.63) is 58.6 Å². The number of anilines is 1. The Kier molecular flexibility index (Phi) is 2.76. The van der Waals surface area contributed by atoms with E-state index in [4.69, 9.17) is 5.73 Å². The summed E-state index contributed by atoms with van der Waals surface area (Å²) >= 11 is 0. The van der Waals surface area contributed by atoms with Gasteiger partial charge in [-0.2, -0.15) is 0 Å². The van der Waals surface area contributed by atoms with Crippen LogP contribution in [0.15, 0.2) is 48.5 Å². The van der Waals surface area contributed by atoms with Gasteiger partial charge >= 0.3 is 0 Å². The van der Waals surface area contributed by atoms with Crippen molar-refractivity contribution in [2.24, 2.45) is 0 Å². The first kappa shape index (κ1) is 12.0. The number of nitro groups is 1. The van der Waals surface area contributed by atoms with E-state index in [1.807, 2.05) is 12.1 Å². The Hall–Kier alpha value is -3.02. The maximum atomic E-state index is 11.1. The quantitative estimate of drug-likeness (QED) is 0.568. The number of hydrogen-bond donors (Lipinski definition) is 1. The lowest BCUT2D eigenvalue weighted by Crippen LogP contribution is -2.00. The van der Waals surface area contributed by atoms with Crippen molar-refractivity contribution in [3.63, 3.8) is 0 Å². The van der Waals surface area contributed by atoms with Crippen LogP contribution in [0, 0.1) is 10.1 Å². The van der Waals surface area contributed by atoms with Crippen LogP contribution < -0.4 is 5.73 Å². The molecule has 0 saturated heterocycles. The summed E-state index contributed by atoms with van der Waals surface area (Å²) in [5.41, 5.74) is 7.86. The molecule has 0 aliphatic carbocycles. The maximum Gasteiger partial charge on any atom is 0.278 e. The van der Waals surface area contributed by atoms with E-state index in [-0.39, 0.29) is 11.5 Å². The van der Waals surface area contributed by atoms with Gasteiger partial charge in [0.05, 0.1) is 21.5 Å². The summed E-state index contributed by atoms with van der Waals surface area (Å²) in [4.78, 5) is 19.3. The lowest BCUT2D eigenvalue weighted by Gasteiger charge is -2.06. The van der Waals surface area contributed by atoms with E-state index in [2.05, 4.69) is 9.97 Å². The van der Waals surface area contributed by atoms with Gasteiger partial charge in [0, 0.05) is 6.07 Å². The van der Waals surface area contributed by atoms with Gasteiger partial charge in [-0.3, -0.25) is 10.1 Å². The Bertz CT molecular complexity index is 817. The van der Waals surface area contributed by atoms with Crippen molar-refractivity contribution >= 4 is 22.5 Å². The zero-order valence-electron chi connectivity index (χ0n) is 10.4. The predicted octanol–water partition coefficient (Wildman–Crippen LogP) is 2.79. The van der Waals surface area contributed by atoms with E-state index in [0.29, 0.717) is 22.3 Å². The minimum absolute atomic E-state index is 0.0382. The zero-order valence-corrected chi connectivity index (χ0v) is 10.4. The van der Waals surface area contributed by atoms with Crippen LogP contribution in [0.3, 0.4) is 0 Å². The van der Waals surface area contributed by atoms with Gasteiger partial charge in [0.25, 0.3) is 5.69 Å². The smallest absolute Gasteiger partial charge is 0.278 e. The summed E-state index contributed by atoms with van der Waals surface area (Å²) in [6, 6.07) is 13.6. The topological polar surface area (TPSA) is 94.9 Å². The first-order valence-corrected chi connectivity index (χ1v) is 5.93. The third-order valence-electron chi connectivity index (χ3n) is 2.95. The van der Waals surface area contributed by atoms with Crippen LogP contribution in [0.25, 0.3) is 22.3 Å². The van der Waals surface area contributed by atoms with E-state index in [1.165, 1.54) is 6.07 Å². The Labute approximate surface area is 114 Å². The van der Waals surface area contributed by atoms with Gasteiger partial charge in [0.2, 0.25) is 0 Å². The summed E-state index contributed by atoms with van der Waals surface area (Å²) in [7, 11) is 0. The predicted molar refractivity (Wildman–Crippen MR) is 76.0 cm³/mol.